The molecule has 0 atom stereocenters. The standard InChI is InChI=1S/C21H15ClF3N3O3/c1-31-20(30)13-5-6-17-12(9-13)7-8-27(17)19(29)16-11-26-28(18(16)21(23,24)25)15-4-2-3-14(22)10-15/h2-6,9-11H,7-8H2,1H3. The molecule has 0 unspecified atom stereocenters. The van der Waals surface area contributed by atoms with Gasteiger partial charge in [0.05, 0.1) is 30.1 Å². The van der Waals surface area contributed by atoms with Crippen molar-refractivity contribution in [1.82, 2.24) is 9.78 Å². The van der Waals surface area contributed by atoms with Crippen LogP contribution in [-0.2, 0) is 17.3 Å². The molecule has 0 spiro atoms. The molecule has 160 valence electrons. The van der Waals surface area contributed by atoms with E-state index in [2.05, 4.69) is 9.84 Å². The predicted octanol–water partition coefficient (Wildman–Crippen LogP) is 4.53. The highest BCUT2D eigenvalue weighted by molar-refractivity contribution is 6.30. The zero-order valence-electron chi connectivity index (χ0n) is 16.1. The third-order valence-corrected chi connectivity index (χ3v) is 5.20. The van der Waals surface area contributed by atoms with Gasteiger partial charge >= 0.3 is 12.1 Å². The number of anilines is 1. The molecule has 1 aliphatic heterocycles. The first-order chi connectivity index (χ1) is 14.7. The highest BCUT2D eigenvalue weighted by atomic mass is 35.5. The van der Waals surface area contributed by atoms with E-state index in [0.29, 0.717) is 27.9 Å². The number of nitrogens with zero attached hydrogens (tertiary/aromatic N) is 3. The number of rotatable bonds is 3. The molecular formula is C21H15ClF3N3O3. The topological polar surface area (TPSA) is 64.4 Å². The van der Waals surface area contributed by atoms with Crippen LogP contribution in [-0.4, -0.2) is 35.3 Å². The summed E-state index contributed by atoms with van der Waals surface area (Å²) in [6.45, 7) is 0.179. The smallest absolute Gasteiger partial charge is 0.434 e. The van der Waals surface area contributed by atoms with Crippen molar-refractivity contribution in [3.8, 4) is 5.69 Å². The van der Waals surface area contributed by atoms with Gasteiger partial charge in [-0.15, -0.1) is 0 Å². The lowest BCUT2D eigenvalue weighted by Gasteiger charge is -2.19. The van der Waals surface area contributed by atoms with E-state index < -0.39 is 29.3 Å². The van der Waals surface area contributed by atoms with Gasteiger partial charge in [0.25, 0.3) is 5.91 Å². The van der Waals surface area contributed by atoms with Gasteiger partial charge in [-0.05, 0) is 48.4 Å². The molecule has 10 heteroatoms. The van der Waals surface area contributed by atoms with Gasteiger partial charge in [0, 0.05) is 17.3 Å². The van der Waals surface area contributed by atoms with Crippen molar-refractivity contribution < 1.29 is 27.5 Å². The van der Waals surface area contributed by atoms with E-state index in [1.54, 1.807) is 6.07 Å². The Morgan fingerprint density at radius 3 is 2.61 bits per heavy atom. The Kier molecular flexibility index (Phi) is 5.22. The molecule has 0 N–H and O–H groups in total. The molecule has 6 nitrogen and oxygen atoms in total. The third kappa shape index (κ3) is 3.76. The number of alkyl halides is 3. The monoisotopic (exact) mass is 449 g/mol. The Bertz CT molecular complexity index is 1190. The van der Waals surface area contributed by atoms with Crippen molar-refractivity contribution in [2.45, 2.75) is 12.6 Å². The van der Waals surface area contributed by atoms with Gasteiger partial charge in [0.2, 0.25) is 0 Å². The number of amides is 1. The maximum Gasteiger partial charge on any atom is 0.434 e. The largest absolute Gasteiger partial charge is 0.465 e. The molecule has 31 heavy (non-hydrogen) atoms. The second-order valence-electron chi connectivity index (χ2n) is 6.84. The first-order valence-corrected chi connectivity index (χ1v) is 9.52. The summed E-state index contributed by atoms with van der Waals surface area (Å²) < 4.78 is 47.2. The van der Waals surface area contributed by atoms with Gasteiger partial charge in [-0.25, -0.2) is 9.48 Å². The van der Waals surface area contributed by atoms with Crippen molar-refractivity contribution in [3.05, 3.63) is 76.1 Å². The fraction of sp³-hybridized carbons (Fsp3) is 0.190. The van der Waals surface area contributed by atoms with Crippen LogP contribution < -0.4 is 4.90 Å². The van der Waals surface area contributed by atoms with Crippen molar-refractivity contribution in [1.29, 1.82) is 0 Å². The normalized spacial score (nSPS) is 13.3. The minimum atomic E-state index is -4.83. The van der Waals surface area contributed by atoms with Crippen LogP contribution in [0, 0.1) is 0 Å². The number of benzene rings is 2. The number of carbonyl (C=O) groups is 2. The first-order valence-electron chi connectivity index (χ1n) is 9.15. The average molecular weight is 450 g/mol. The SMILES string of the molecule is COC(=O)c1ccc2c(c1)CCN2C(=O)c1cnn(-c2cccc(Cl)c2)c1C(F)(F)F. The average Bonchev–Trinajstić information content (AvgIpc) is 3.36. The molecule has 0 aliphatic carbocycles. The van der Waals surface area contributed by atoms with Gasteiger partial charge in [-0.2, -0.15) is 18.3 Å². The number of aromatic nitrogens is 2. The number of hydrogen-bond acceptors (Lipinski definition) is 4. The molecule has 0 radical (unpaired) electrons. The highest BCUT2D eigenvalue weighted by Gasteiger charge is 2.42. The van der Waals surface area contributed by atoms with E-state index in [0.717, 1.165) is 6.20 Å². The van der Waals surface area contributed by atoms with Crippen LogP contribution in [0.25, 0.3) is 5.69 Å². The second kappa shape index (κ2) is 7.73. The van der Waals surface area contributed by atoms with Crippen LogP contribution in [0.3, 0.4) is 0 Å². The van der Waals surface area contributed by atoms with Crippen LogP contribution >= 0.6 is 11.6 Å². The number of carbonyl (C=O) groups excluding carboxylic acids is 2. The lowest BCUT2D eigenvalue weighted by molar-refractivity contribution is -0.143. The summed E-state index contributed by atoms with van der Waals surface area (Å²) in [5.74, 6) is -1.36. The summed E-state index contributed by atoms with van der Waals surface area (Å²) in [5, 5.41) is 4.06. The molecule has 3 aromatic rings. The summed E-state index contributed by atoms with van der Waals surface area (Å²) in [5.41, 5.74) is -0.242. The Balaban J connectivity index is 1.75. The molecule has 2 heterocycles. The minimum absolute atomic E-state index is 0.0865. The zero-order chi connectivity index (χ0) is 22.3. The van der Waals surface area contributed by atoms with Crippen LogP contribution in [0.4, 0.5) is 18.9 Å². The Hall–Kier alpha value is -3.33. The number of fused-ring (bicyclic) bond motifs is 1. The summed E-state index contributed by atoms with van der Waals surface area (Å²) in [6.07, 6.45) is -3.52. The van der Waals surface area contributed by atoms with Crippen molar-refractivity contribution in [2.75, 3.05) is 18.6 Å². The summed E-state index contributed by atoms with van der Waals surface area (Å²) in [7, 11) is 1.25. The summed E-state index contributed by atoms with van der Waals surface area (Å²) in [6, 6.07) is 10.3. The number of esters is 1. The Morgan fingerprint density at radius 1 is 1.16 bits per heavy atom. The molecule has 1 aromatic heterocycles. The lowest BCUT2D eigenvalue weighted by Crippen LogP contribution is -2.31. The second-order valence-corrected chi connectivity index (χ2v) is 7.27. The number of hydrogen-bond donors (Lipinski definition) is 0. The van der Waals surface area contributed by atoms with Gasteiger partial charge in [0.15, 0.2) is 5.69 Å². The van der Waals surface area contributed by atoms with Gasteiger partial charge < -0.3 is 9.64 Å². The summed E-state index contributed by atoms with van der Waals surface area (Å²) in [4.78, 5) is 26.1. The highest BCUT2D eigenvalue weighted by Crippen LogP contribution is 2.37. The number of halogens is 4. The van der Waals surface area contributed by atoms with E-state index in [9.17, 15) is 22.8 Å². The predicted molar refractivity (Wildman–Crippen MR) is 107 cm³/mol. The van der Waals surface area contributed by atoms with Crippen molar-refractivity contribution in [2.24, 2.45) is 0 Å². The third-order valence-electron chi connectivity index (χ3n) is 4.96. The minimum Gasteiger partial charge on any atom is -0.465 e. The van der Waals surface area contributed by atoms with Gasteiger partial charge in [-0.3, -0.25) is 4.79 Å². The molecule has 0 fully saturated rings. The molecule has 0 bridgehead atoms. The van der Waals surface area contributed by atoms with E-state index in [4.69, 9.17) is 11.6 Å². The van der Waals surface area contributed by atoms with Crippen molar-refractivity contribution >= 4 is 29.2 Å². The maximum atomic E-state index is 13.9. The molecule has 2 aromatic carbocycles. The molecule has 1 amide bonds. The van der Waals surface area contributed by atoms with E-state index in [1.165, 1.54) is 48.4 Å². The molecule has 1 aliphatic rings. The molecular weight excluding hydrogens is 435 g/mol. The van der Waals surface area contributed by atoms with Gasteiger partial charge in [-0.1, -0.05) is 17.7 Å². The van der Waals surface area contributed by atoms with Gasteiger partial charge in [0.1, 0.15) is 0 Å². The van der Waals surface area contributed by atoms with Crippen molar-refractivity contribution in [3.63, 3.8) is 0 Å². The zero-order valence-corrected chi connectivity index (χ0v) is 16.9. The molecule has 0 saturated heterocycles. The lowest BCUT2D eigenvalue weighted by atomic mass is 10.1. The van der Waals surface area contributed by atoms with E-state index in [-0.39, 0.29) is 17.3 Å². The van der Waals surface area contributed by atoms with Crippen LogP contribution in [0.5, 0.6) is 0 Å². The van der Waals surface area contributed by atoms with Crippen LogP contribution in [0.1, 0.15) is 32.0 Å². The maximum absolute atomic E-state index is 13.9. The van der Waals surface area contributed by atoms with E-state index in [1.807, 2.05) is 0 Å². The fourth-order valence-corrected chi connectivity index (χ4v) is 3.77. The quantitative estimate of drug-likeness (QED) is 0.551. The number of ether oxygens (including phenoxy) is 1. The Morgan fingerprint density at radius 2 is 1.94 bits per heavy atom. The first kappa shape index (κ1) is 20.9. The van der Waals surface area contributed by atoms with Crippen LogP contribution in [0.15, 0.2) is 48.7 Å². The van der Waals surface area contributed by atoms with Crippen LogP contribution in [0.2, 0.25) is 5.02 Å². The fourth-order valence-electron chi connectivity index (χ4n) is 3.58. The summed E-state index contributed by atoms with van der Waals surface area (Å²) >= 11 is 5.91. The molecule has 4 rings (SSSR count). The number of methoxy groups -OCH3 is 1. The molecule has 0 saturated carbocycles. The Labute approximate surface area is 179 Å². The van der Waals surface area contributed by atoms with E-state index >= 15 is 0 Å².